The summed E-state index contributed by atoms with van der Waals surface area (Å²) in [6.07, 6.45) is 0. The molecule has 0 bridgehead atoms. The van der Waals surface area contributed by atoms with Gasteiger partial charge in [-0.05, 0) is 32.9 Å². The molecular weight excluding hydrogens is 274 g/mol. The summed E-state index contributed by atoms with van der Waals surface area (Å²) in [6.45, 7) is 5.19. The van der Waals surface area contributed by atoms with Gasteiger partial charge in [0.05, 0.1) is 6.54 Å². The molecule has 0 aliphatic rings. The van der Waals surface area contributed by atoms with E-state index in [2.05, 4.69) is 5.16 Å². The minimum absolute atomic E-state index is 0.132. The standard InChI is InChI=1S/C10H17N3O3S2/c1-7(2)13(6-9(11)12-14)18(15,16)10-5-4-8(3)17-10/h4-5,7,14H,6H2,1-3H3,(H2,11,12). The van der Waals surface area contributed by atoms with Crippen molar-refractivity contribution in [3.63, 3.8) is 0 Å². The van der Waals surface area contributed by atoms with Gasteiger partial charge in [0.25, 0.3) is 10.0 Å². The monoisotopic (exact) mass is 291 g/mol. The van der Waals surface area contributed by atoms with Crippen LogP contribution in [-0.4, -0.2) is 36.4 Å². The molecule has 3 N–H and O–H groups in total. The van der Waals surface area contributed by atoms with Gasteiger partial charge in [-0.25, -0.2) is 8.42 Å². The van der Waals surface area contributed by atoms with Gasteiger partial charge >= 0.3 is 0 Å². The van der Waals surface area contributed by atoms with E-state index < -0.39 is 10.0 Å². The van der Waals surface area contributed by atoms with Gasteiger partial charge < -0.3 is 10.9 Å². The van der Waals surface area contributed by atoms with Gasteiger partial charge in [0.2, 0.25) is 0 Å². The normalized spacial score (nSPS) is 13.5. The second-order valence-corrected chi connectivity index (χ2v) is 7.51. The molecule has 0 radical (unpaired) electrons. The molecule has 1 heterocycles. The molecule has 0 spiro atoms. The van der Waals surface area contributed by atoms with E-state index in [9.17, 15) is 8.42 Å². The van der Waals surface area contributed by atoms with Gasteiger partial charge in [-0.1, -0.05) is 5.16 Å². The highest BCUT2D eigenvalue weighted by molar-refractivity contribution is 7.91. The molecule has 18 heavy (non-hydrogen) atoms. The quantitative estimate of drug-likeness (QED) is 0.369. The van der Waals surface area contributed by atoms with Crippen LogP contribution in [0.1, 0.15) is 18.7 Å². The van der Waals surface area contributed by atoms with Gasteiger partial charge in [-0.3, -0.25) is 0 Å². The molecule has 0 saturated heterocycles. The van der Waals surface area contributed by atoms with E-state index in [-0.39, 0.29) is 22.6 Å². The molecule has 0 saturated carbocycles. The van der Waals surface area contributed by atoms with Crippen LogP contribution in [0.25, 0.3) is 0 Å². The molecule has 102 valence electrons. The largest absolute Gasteiger partial charge is 0.409 e. The molecule has 0 fully saturated rings. The van der Waals surface area contributed by atoms with Crippen molar-refractivity contribution in [3.05, 3.63) is 17.0 Å². The second kappa shape index (κ2) is 5.68. The zero-order valence-electron chi connectivity index (χ0n) is 10.5. The Balaban J connectivity index is 3.13. The van der Waals surface area contributed by atoms with Crippen LogP contribution in [0.3, 0.4) is 0 Å². The fraction of sp³-hybridized carbons (Fsp3) is 0.500. The Kier molecular flexibility index (Phi) is 4.71. The number of amidine groups is 1. The maximum atomic E-state index is 12.4. The SMILES string of the molecule is Cc1ccc(S(=O)(=O)N(CC(N)=NO)C(C)C)s1. The van der Waals surface area contributed by atoms with E-state index in [1.165, 1.54) is 15.6 Å². The molecule has 0 aliphatic heterocycles. The number of nitrogens with zero attached hydrogens (tertiary/aromatic N) is 2. The lowest BCUT2D eigenvalue weighted by Gasteiger charge is -2.24. The highest BCUT2D eigenvalue weighted by Gasteiger charge is 2.29. The Morgan fingerprint density at radius 3 is 2.56 bits per heavy atom. The number of nitrogens with two attached hydrogens (primary N) is 1. The van der Waals surface area contributed by atoms with E-state index in [0.29, 0.717) is 0 Å². The van der Waals surface area contributed by atoms with Crippen LogP contribution < -0.4 is 5.73 Å². The molecule has 0 unspecified atom stereocenters. The zero-order chi connectivity index (χ0) is 13.9. The van der Waals surface area contributed by atoms with Gasteiger partial charge in [0.1, 0.15) is 4.21 Å². The minimum Gasteiger partial charge on any atom is -0.409 e. The lowest BCUT2D eigenvalue weighted by atomic mass is 10.4. The molecule has 1 aromatic heterocycles. The van der Waals surface area contributed by atoms with Gasteiger partial charge in [0, 0.05) is 10.9 Å². The first-order valence-electron chi connectivity index (χ1n) is 5.33. The number of aryl methyl sites for hydroxylation is 1. The molecule has 8 heteroatoms. The third-order valence-electron chi connectivity index (χ3n) is 2.30. The first kappa shape index (κ1) is 14.9. The Hall–Kier alpha value is -1.12. The van der Waals surface area contributed by atoms with Crippen molar-refractivity contribution in [2.24, 2.45) is 10.9 Å². The van der Waals surface area contributed by atoms with Crippen molar-refractivity contribution in [2.75, 3.05) is 6.54 Å². The van der Waals surface area contributed by atoms with Crippen LogP contribution in [0, 0.1) is 6.92 Å². The number of hydrogen-bond acceptors (Lipinski definition) is 5. The fourth-order valence-corrected chi connectivity index (χ4v) is 4.42. The van der Waals surface area contributed by atoms with Gasteiger partial charge in [-0.15, -0.1) is 11.3 Å². The maximum absolute atomic E-state index is 12.4. The summed E-state index contributed by atoms with van der Waals surface area (Å²) in [5, 5.41) is 11.4. The number of sulfonamides is 1. The number of thiophene rings is 1. The smallest absolute Gasteiger partial charge is 0.253 e. The Labute approximate surface area is 111 Å². The Bertz CT molecular complexity index is 534. The highest BCUT2D eigenvalue weighted by Crippen LogP contribution is 2.25. The van der Waals surface area contributed by atoms with Crippen molar-refractivity contribution in [3.8, 4) is 0 Å². The molecular formula is C10H17N3O3S2. The molecule has 0 amide bonds. The third kappa shape index (κ3) is 3.21. The first-order chi connectivity index (χ1) is 8.28. The maximum Gasteiger partial charge on any atom is 0.253 e. The lowest BCUT2D eigenvalue weighted by molar-refractivity contribution is 0.312. The van der Waals surface area contributed by atoms with Crippen LogP contribution in [0.4, 0.5) is 0 Å². The number of rotatable bonds is 5. The topological polar surface area (TPSA) is 96.0 Å². The Morgan fingerprint density at radius 1 is 1.56 bits per heavy atom. The van der Waals surface area contributed by atoms with Crippen LogP contribution >= 0.6 is 11.3 Å². The summed E-state index contributed by atoms with van der Waals surface area (Å²) < 4.78 is 26.2. The van der Waals surface area contributed by atoms with E-state index in [0.717, 1.165) is 4.88 Å². The summed E-state index contributed by atoms with van der Waals surface area (Å²) >= 11 is 1.20. The minimum atomic E-state index is -3.60. The third-order valence-corrected chi connectivity index (χ3v) is 5.79. The fourth-order valence-electron chi connectivity index (χ4n) is 1.40. The summed E-state index contributed by atoms with van der Waals surface area (Å²) in [5.41, 5.74) is 5.39. The number of hydrogen-bond donors (Lipinski definition) is 2. The van der Waals surface area contributed by atoms with Crippen LogP contribution in [-0.2, 0) is 10.0 Å². The van der Waals surface area contributed by atoms with E-state index >= 15 is 0 Å². The predicted octanol–water partition coefficient (Wildman–Crippen LogP) is 1.20. The average Bonchev–Trinajstić information content (AvgIpc) is 2.72. The summed E-state index contributed by atoms with van der Waals surface area (Å²) in [7, 11) is -3.60. The first-order valence-corrected chi connectivity index (χ1v) is 7.59. The molecule has 1 rings (SSSR count). The highest BCUT2D eigenvalue weighted by atomic mass is 32.2. The molecule has 6 nitrogen and oxygen atoms in total. The van der Waals surface area contributed by atoms with Crippen LogP contribution in [0.15, 0.2) is 21.5 Å². The van der Waals surface area contributed by atoms with Gasteiger partial charge in [-0.2, -0.15) is 4.31 Å². The molecule has 0 aromatic carbocycles. The lowest BCUT2D eigenvalue weighted by Crippen LogP contribution is -2.42. The molecule has 1 aromatic rings. The molecule has 0 atom stereocenters. The van der Waals surface area contributed by atoms with E-state index in [4.69, 9.17) is 10.9 Å². The van der Waals surface area contributed by atoms with Crippen molar-refractivity contribution >= 4 is 27.2 Å². The Morgan fingerprint density at radius 2 is 2.17 bits per heavy atom. The summed E-state index contributed by atoms with van der Waals surface area (Å²) in [4.78, 5) is 0.918. The van der Waals surface area contributed by atoms with Crippen molar-refractivity contribution < 1.29 is 13.6 Å². The van der Waals surface area contributed by atoms with Crippen LogP contribution in [0.5, 0.6) is 0 Å². The van der Waals surface area contributed by atoms with Crippen molar-refractivity contribution in [1.82, 2.24) is 4.31 Å². The molecule has 0 aliphatic carbocycles. The van der Waals surface area contributed by atoms with E-state index in [1.807, 2.05) is 6.92 Å². The summed E-state index contributed by atoms with van der Waals surface area (Å²) in [6, 6.07) is 3.04. The predicted molar refractivity (Wildman–Crippen MR) is 71.5 cm³/mol. The zero-order valence-corrected chi connectivity index (χ0v) is 12.1. The average molecular weight is 291 g/mol. The van der Waals surface area contributed by atoms with Crippen molar-refractivity contribution in [2.45, 2.75) is 31.0 Å². The summed E-state index contributed by atoms with van der Waals surface area (Å²) in [5.74, 6) is -0.138. The van der Waals surface area contributed by atoms with Crippen LogP contribution in [0.2, 0.25) is 0 Å². The number of oxime groups is 1. The second-order valence-electron chi connectivity index (χ2n) is 4.10. The van der Waals surface area contributed by atoms with E-state index in [1.54, 1.807) is 26.0 Å². The van der Waals surface area contributed by atoms with Gasteiger partial charge in [0.15, 0.2) is 5.84 Å². The van der Waals surface area contributed by atoms with Crippen molar-refractivity contribution in [1.29, 1.82) is 0 Å².